The minimum atomic E-state index is -4.62. The second-order valence-corrected chi connectivity index (χ2v) is 8.87. The molecule has 2 amide bonds. The van der Waals surface area contributed by atoms with E-state index in [2.05, 4.69) is 15.5 Å². The number of nitrogens with one attached hydrogen (secondary N) is 1. The molecule has 2 aliphatic heterocycles. The van der Waals surface area contributed by atoms with Gasteiger partial charge in [-0.1, -0.05) is 23.7 Å². The lowest BCUT2D eigenvalue weighted by atomic mass is 10.1. The molecule has 1 aromatic heterocycles. The first-order valence-electron chi connectivity index (χ1n) is 11.1. The number of nitrogens with zero attached hydrogens (tertiary/aromatic N) is 5. The summed E-state index contributed by atoms with van der Waals surface area (Å²) in [6.45, 7) is 1.03. The van der Waals surface area contributed by atoms with Crippen LogP contribution in [0.2, 0.25) is 5.02 Å². The smallest absolute Gasteiger partial charge is 0.352 e. The molecule has 2 aliphatic rings. The zero-order chi connectivity index (χ0) is 25.6. The van der Waals surface area contributed by atoms with Crippen molar-refractivity contribution in [3.63, 3.8) is 0 Å². The fourth-order valence-electron chi connectivity index (χ4n) is 4.36. The van der Waals surface area contributed by atoms with E-state index >= 15 is 0 Å². The van der Waals surface area contributed by atoms with Crippen LogP contribution in [0.5, 0.6) is 0 Å². The van der Waals surface area contributed by atoms with Crippen molar-refractivity contribution in [1.29, 1.82) is 0 Å². The third kappa shape index (κ3) is 4.30. The Hall–Kier alpha value is -3.86. The van der Waals surface area contributed by atoms with E-state index in [4.69, 9.17) is 11.6 Å². The predicted molar refractivity (Wildman–Crippen MR) is 129 cm³/mol. The van der Waals surface area contributed by atoms with Gasteiger partial charge in [0.05, 0.1) is 28.1 Å². The van der Waals surface area contributed by atoms with Gasteiger partial charge in [-0.2, -0.15) is 13.2 Å². The number of carbonyl (C=O) groups excluding carboxylic acids is 2. The largest absolute Gasteiger partial charge is 0.417 e. The van der Waals surface area contributed by atoms with Crippen LogP contribution in [0.3, 0.4) is 0 Å². The van der Waals surface area contributed by atoms with Crippen molar-refractivity contribution in [2.24, 2.45) is 0 Å². The summed E-state index contributed by atoms with van der Waals surface area (Å²) in [7, 11) is 1.76. The van der Waals surface area contributed by atoms with Gasteiger partial charge in [-0.25, -0.2) is 0 Å². The molecule has 1 fully saturated rings. The molecule has 12 heteroatoms. The Morgan fingerprint density at radius 1 is 1.03 bits per heavy atom. The maximum absolute atomic E-state index is 13.4. The van der Waals surface area contributed by atoms with Crippen LogP contribution in [0, 0.1) is 0 Å². The fourth-order valence-corrected chi connectivity index (χ4v) is 4.53. The SMILES string of the molecule is CN1c2cc(Cl)ccc2NC(=O)c2cc(N3CCN(C(=O)c4ccccc4C(F)(F)F)CC3)nnc21. The number of hydrogen-bond acceptors (Lipinski definition) is 6. The second kappa shape index (κ2) is 8.98. The molecular formula is C24H20ClF3N6O2. The number of carbonyl (C=O) groups is 2. The minimum absolute atomic E-state index is 0.194. The van der Waals surface area contributed by atoms with Crippen molar-refractivity contribution < 1.29 is 22.8 Å². The number of fused-ring (bicyclic) bond motifs is 2. The summed E-state index contributed by atoms with van der Waals surface area (Å²) in [6, 6.07) is 11.5. The monoisotopic (exact) mass is 516 g/mol. The Labute approximate surface area is 209 Å². The summed E-state index contributed by atoms with van der Waals surface area (Å²) in [4.78, 5) is 30.8. The van der Waals surface area contributed by atoms with E-state index in [1.54, 1.807) is 36.2 Å². The summed E-state index contributed by atoms with van der Waals surface area (Å²) in [5.74, 6) is -0.237. The highest BCUT2D eigenvalue weighted by atomic mass is 35.5. The average molecular weight is 517 g/mol. The molecule has 36 heavy (non-hydrogen) atoms. The molecule has 186 valence electrons. The quantitative estimate of drug-likeness (QED) is 0.542. The van der Waals surface area contributed by atoms with Crippen molar-refractivity contribution in [1.82, 2.24) is 15.1 Å². The van der Waals surface area contributed by atoms with E-state index in [1.165, 1.54) is 23.1 Å². The summed E-state index contributed by atoms with van der Waals surface area (Å²) < 4.78 is 40.1. The molecule has 1 saturated heterocycles. The number of amides is 2. The Balaban J connectivity index is 1.34. The van der Waals surface area contributed by atoms with E-state index < -0.39 is 17.6 Å². The highest BCUT2D eigenvalue weighted by molar-refractivity contribution is 6.31. The Morgan fingerprint density at radius 2 is 1.75 bits per heavy atom. The van der Waals surface area contributed by atoms with Crippen LogP contribution in [0.15, 0.2) is 48.5 Å². The number of aromatic nitrogens is 2. The molecule has 0 saturated carbocycles. The molecule has 0 atom stereocenters. The number of benzene rings is 2. The number of anilines is 4. The summed E-state index contributed by atoms with van der Waals surface area (Å²) in [5, 5.41) is 11.9. The summed E-state index contributed by atoms with van der Waals surface area (Å²) in [6.07, 6.45) is -4.62. The second-order valence-electron chi connectivity index (χ2n) is 8.44. The van der Waals surface area contributed by atoms with Gasteiger partial charge in [0.2, 0.25) is 0 Å². The van der Waals surface area contributed by atoms with E-state index in [0.29, 0.717) is 46.7 Å². The number of halogens is 4. The van der Waals surface area contributed by atoms with Gasteiger partial charge in [-0.15, -0.1) is 10.2 Å². The van der Waals surface area contributed by atoms with Gasteiger partial charge in [-0.3, -0.25) is 9.59 Å². The zero-order valence-electron chi connectivity index (χ0n) is 19.0. The van der Waals surface area contributed by atoms with E-state index in [1.807, 2.05) is 4.90 Å². The highest BCUT2D eigenvalue weighted by Crippen LogP contribution is 2.38. The Kier molecular flexibility index (Phi) is 5.95. The van der Waals surface area contributed by atoms with Crippen LogP contribution in [-0.2, 0) is 6.18 Å². The lowest BCUT2D eigenvalue weighted by Crippen LogP contribution is -2.49. The van der Waals surface area contributed by atoms with Gasteiger partial charge >= 0.3 is 6.18 Å². The van der Waals surface area contributed by atoms with Gasteiger partial charge in [-0.05, 0) is 36.4 Å². The minimum Gasteiger partial charge on any atom is -0.352 e. The normalized spacial score (nSPS) is 15.7. The van der Waals surface area contributed by atoms with Crippen LogP contribution >= 0.6 is 11.6 Å². The third-order valence-electron chi connectivity index (χ3n) is 6.25. The molecule has 0 radical (unpaired) electrons. The highest BCUT2D eigenvalue weighted by Gasteiger charge is 2.36. The molecule has 0 spiro atoms. The molecule has 5 rings (SSSR count). The maximum atomic E-state index is 13.4. The van der Waals surface area contributed by atoms with Gasteiger partial charge < -0.3 is 20.0 Å². The first-order chi connectivity index (χ1) is 17.1. The molecule has 0 aliphatic carbocycles. The lowest BCUT2D eigenvalue weighted by molar-refractivity contribution is -0.138. The molecule has 0 bridgehead atoms. The van der Waals surface area contributed by atoms with Crippen molar-refractivity contribution in [2.45, 2.75) is 6.18 Å². The summed E-state index contributed by atoms with van der Waals surface area (Å²) in [5.41, 5.74) is 0.238. The van der Waals surface area contributed by atoms with Crippen LogP contribution in [0.1, 0.15) is 26.3 Å². The number of alkyl halides is 3. The predicted octanol–water partition coefficient (Wildman–Crippen LogP) is 4.44. The van der Waals surface area contributed by atoms with Crippen LogP contribution in [-0.4, -0.2) is 60.1 Å². The van der Waals surface area contributed by atoms with Crippen molar-refractivity contribution in [3.05, 3.63) is 70.2 Å². The van der Waals surface area contributed by atoms with Gasteiger partial charge in [0.1, 0.15) is 0 Å². The number of rotatable bonds is 2. The molecule has 8 nitrogen and oxygen atoms in total. The molecule has 1 N–H and O–H groups in total. The van der Waals surface area contributed by atoms with Crippen molar-refractivity contribution in [3.8, 4) is 0 Å². The summed E-state index contributed by atoms with van der Waals surface area (Å²) >= 11 is 6.12. The standard InChI is InChI=1S/C24H20ClF3N6O2/c1-32-19-12-14(25)6-7-18(19)29-22(35)16-13-20(30-31-21(16)32)33-8-10-34(11-9-33)23(36)15-4-2-3-5-17(15)24(26,27)28/h2-7,12-13H,8-11H2,1H3,(H,29,35). The topological polar surface area (TPSA) is 81.7 Å². The molecule has 0 unspecified atom stereocenters. The number of piperazine rings is 1. The van der Waals surface area contributed by atoms with E-state index in [-0.39, 0.29) is 24.6 Å². The third-order valence-corrected chi connectivity index (χ3v) is 6.48. The van der Waals surface area contributed by atoms with E-state index in [0.717, 1.165) is 6.07 Å². The molecular weight excluding hydrogens is 497 g/mol. The van der Waals surface area contributed by atoms with Crippen molar-refractivity contribution in [2.75, 3.05) is 48.3 Å². The van der Waals surface area contributed by atoms with E-state index in [9.17, 15) is 22.8 Å². The Bertz CT molecular complexity index is 1360. The van der Waals surface area contributed by atoms with Crippen LogP contribution < -0.4 is 15.1 Å². The van der Waals surface area contributed by atoms with Crippen molar-refractivity contribution >= 4 is 46.4 Å². The zero-order valence-corrected chi connectivity index (χ0v) is 19.8. The van der Waals surface area contributed by atoms with Gasteiger partial charge in [0.25, 0.3) is 11.8 Å². The first kappa shape index (κ1) is 23.9. The van der Waals surface area contributed by atoms with Gasteiger partial charge in [0.15, 0.2) is 11.6 Å². The molecule has 2 aromatic carbocycles. The average Bonchev–Trinajstić information content (AvgIpc) is 2.97. The molecule has 3 aromatic rings. The number of hydrogen-bond donors (Lipinski definition) is 1. The van der Waals surface area contributed by atoms with Crippen LogP contribution in [0.25, 0.3) is 0 Å². The fraction of sp³-hybridized carbons (Fsp3) is 0.250. The van der Waals surface area contributed by atoms with Crippen LogP contribution in [0.4, 0.5) is 36.2 Å². The first-order valence-corrected chi connectivity index (χ1v) is 11.4. The van der Waals surface area contributed by atoms with Gasteiger partial charge in [0, 0.05) is 38.2 Å². The molecule has 3 heterocycles. The lowest BCUT2D eigenvalue weighted by Gasteiger charge is -2.35. The Morgan fingerprint density at radius 3 is 2.47 bits per heavy atom. The maximum Gasteiger partial charge on any atom is 0.417 e.